The second-order valence-electron chi connectivity index (χ2n) is 4.43. The van der Waals surface area contributed by atoms with Gasteiger partial charge in [0.05, 0.1) is 6.26 Å². The maximum absolute atomic E-state index is 5.80. The molecule has 1 aromatic rings. The third kappa shape index (κ3) is 4.49. The average molecular weight is 210 g/mol. The number of furan rings is 1. The molecule has 3 unspecified atom stereocenters. The first kappa shape index (κ1) is 12.3. The van der Waals surface area contributed by atoms with Crippen LogP contribution in [0.25, 0.3) is 0 Å². The van der Waals surface area contributed by atoms with Crippen molar-refractivity contribution in [1.29, 1.82) is 0 Å². The van der Waals surface area contributed by atoms with Gasteiger partial charge in [0.15, 0.2) is 0 Å². The van der Waals surface area contributed by atoms with Crippen LogP contribution in [-0.4, -0.2) is 18.6 Å². The summed E-state index contributed by atoms with van der Waals surface area (Å²) in [4.78, 5) is 0. The van der Waals surface area contributed by atoms with Crippen molar-refractivity contribution in [3.8, 4) is 0 Å². The third-order valence-electron chi connectivity index (χ3n) is 2.77. The van der Waals surface area contributed by atoms with E-state index >= 15 is 0 Å². The van der Waals surface area contributed by atoms with Gasteiger partial charge in [-0.1, -0.05) is 6.92 Å². The van der Waals surface area contributed by atoms with E-state index in [1.54, 1.807) is 6.26 Å². The highest BCUT2D eigenvalue weighted by atomic mass is 16.3. The topological polar surface area (TPSA) is 51.2 Å². The van der Waals surface area contributed by atoms with Gasteiger partial charge in [0.2, 0.25) is 0 Å². The first-order valence-electron chi connectivity index (χ1n) is 5.61. The second kappa shape index (κ2) is 5.93. The highest BCUT2D eigenvalue weighted by Crippen LogP contribution is 2.05. The van der Waals surface area contributed by atoms with Crippen molar-refractivity contribution in [1.82, 2.24) is 5.32 Å². The Morgan fingerprint density at radius 2 is 2.13 bits per heavy atom. The number of hydrogen-bond acceptors (Lipinski definition) is 3. The standard InChI is InChI=1S/C12H22N2O/c1-9(11(3)13)8-14-10(2)7-12-5-4-6-15-12/h4-6,9-11,14H,7-8,13H2,1-3H3. The molecule has 0 aliphatic rings. The van der Waals surface area contributed by atoms with Gasteiger partial charge in [0, 0.05) is 18.5 Å². The minimum atomic E-state index is 0.244. The van der Waals surface area contributed by atoms with Crippen molar-refractivity contribution in [2.45, 2.75) is 39.3 Å². The molecule has 1 heterocycles. The van der Waals surface area contributed by atoms with Crippen LogP contribution in [-0.2, 0) is 6.42 Å². The molecule has 3 N–H and O–H groups in total. The van der Waals surface area contributed by atoms with E-state index in [-0.39, 0.29) is 6.04 Å². The van der Waals surface area contributed by atoms with E-state index < -0.39 is 0 Å². The predicted octanol–water partition coefficient (Wildman–Crippen LogP) is 1.78. The lowest BCUT2D eigenvalue weighted by Crippen LogP contribution is -2.37. The summed E-state index contributed by atoms with van der Waals surface area (Å²) in [6, 6.07) is 4.60. The Balaban J connectivity index is 2.22. The maximum atomic E-state index is 5.80. The number of hydrogen-bond donors (Lipinski definition) is 2. The molecule has 0 fully saturated rings. The molecular formula is C12H22N2O. The average Bonchev–Trinajstić information content (AvgIpc) is 2.66. The Morgan fingerprint density at radius 3 is 2.67 bits per heavy atom. The summed E-state index contributed by atoms with van der Waals surface area (Å²) >= 11 is 0. The zero-order valence-corrected chi connectivity index (χ0v) is 9.86. The van der Waals surface area contributed by atoms with E-state index in [0.717, 1.165) is 18.7 Å². The van der Waals surface area contributed by atoms with Crippen molar-refractivity contribution < 1.29 is 4.42 Å². The minimum Gasteiger partial charge on any atom is -0.469 e. The zero-order chi connectivity index (χ0) is 11.3. The lowest BCUT2D eigenvalue weighted by atomic mass is 10.0. The van der Waals surface area contributed by atoms with E-state index in [4.69, 9.17) is 10.2 Å². The summed E-state index contributed by atoms with van der Waals surface area (Å²) < 4.78 is 5.29. The van der Waals surface area contributed by atoms with Gasteiger partial charge in [-0.3, -0.25) is 0 Å². The number of nitrogens with two attached hydrogens (primary N) is 1. The molecule has 3 atom stereocenters. The van der Waals surface area contributed by atoms with Gasteiger partial charge in [-0.05, 0) is 38.4 Å². The van der Waals surface area contributed by atoms with Crippen molar-refractivity contribution in [3.63, 3.8) is 0 Å². The monoisotopic (exact) mass is 210 g/mol. The van der Waals surface area contributed by atoms with Crippen LogP contribution in [0.2, 0.25) is 0 Å². The Hall–Kier alpha value is -0.800. The van der Waals surface area contributed by atoms with Gasteiger partial charge in [-0.25, -0.2) is 0 Å². The van der Waals surface area contributed by atoms with E-state index in [9.17, 15) is 0 Å². The summed E-state index contributed by atoms with van der Waals surface area (Å²) in [6.07, 6.45) is 2.64. The normalized spacial score (nSPS) is 17.3. The highest BCUT2D eigenvalue weighted by Gasteiger charge is 2.10. The van der Waals surface area contributed by atoms with Gasteiger partial charge in [-0.2, -0.15) is 0 Å². The first-order valence-corrected chi connectivity index (χ1v) is 5.61. The quantitative estimate of drug-likeness (QED) is 0.752. The third-order valence-corrected chi connectivity index (χ3v) is 2.77. The van der Waals surface area contributed by atoms with Crippen LogP contribution in [0, 0.1) is 5.92 Å². The van der Waals surface area contributed by atoms with Gasteiger partial charge in [0.1, 0.15) is 5.76 Å². The molecular weight excluding hydrogens is 188 g/mol. The molecule has 86 valence electrons. The number of rotatable bonds is 6. The van der Waals surface area contributed by atoms with Crippen LogP contribution < -0.4 is 11.1 Å². The fraction of sp³-hybridized carbons (Fsp3) is 0.667. The van der Waals surface area contributed by atoms with E-state index in [2.05, 4.69) is 19.2 Å². The molecule has 1 aromatic heterocycles. The summed E-state index contributed by atoms with van der Waals surface area (Å²) in [6.45, 7) is 7.33. The van der Waals surface area contributed by atoms with Crippen LogP contribution in [0.4, 0.5) is 0 Å². The molecule has 0 aliphatic heterocycles. The molecule has 0 aromatic carbocycles. The smallest absolute Gasteiger partial charge is 0.105 e. The number of nitrogens with one attached hydrogen (secondary N) is 1. The van der Waals surface area contributed by atoms with Crippen LogP contribution in [0.1, 0.15) is 26.5 Å². The van der Waals surface area contributed by atoms with E-state index in [1.165, 1.54) is 0 Å². The van der Waals surface area contributed by atoms with E-state index in [0.29, 0.717) is 12.0 Å². The molecule has 0 aliphatic carbocycles. The molecule has 15 heavy (non-hydrogen) atoms. The summed E-state index contributed by atoms with van der Waals surface area (Å²) in [5.74, 6) is 1.53. The zero-order valence-electron chi connectivity index (χ0n) is 9.86. The lowest BCUT2D eigenvalue weighted by Gasteiger charge is -2.19. The Morgan fingerprint density at radius 1 is 1.40 bits per heavy atom. The molecule has 0 saturated carbocycles. The Bertz CT molecular complexity index is 257. The molecule has 3 nitrogen and oxygen atoms in total. The largest absolute Gasteiger partial charge is 0.469 e. The van der Waals surface area contributed by atoms with Crippen LogP contribution in [0.3, 0.4) is 0 Å². The molecule has 0 radical (unpaired) electrons. The molecule has 1 rings (SSSR count). The van der Waals surface area contributed by atoms with Crippen LogP contribution >= 0.6 is 0 Å². The van der Waals surface area contributed by atoms with Crippen LogP contribution in [0.5, 0.6) is 0 Å². The van der Waals surface area contributed by atoms with Crippen molar-refractivity contribution >= 4 is 0 Å². The summed E-state index contributed by atoms with van der Waals surface area (Å²) in [5, 5.41) is 3.46. The Kier molecular flexibility index (Phi) is 4.85. The van der Waals surface area contributed by atoms with Gasteiger partial charge in [-0.15, -0.1) is 0 Å². The van der Waals surface area contributed by atoms with Gasteiger partial charge in [0.25, 0.3) is 0 Å². The molecule has 0 bridgehead atoms. The SMILES string of the molecule is CC(Cc1ccco1)NCC(C)C(C)N. The fourth-order valence-corrected chi connectivity index (χ4v) is 1.38. The van der Waals surface area contributed by atoms with Gasteiger partial charge < -0.3 is 15.5 Å². The molecule has 0 amide bonds. The Labute approximate surface area is 92.0 Å². The van der Waals surface area contributed by atoms with Gasteiger partial charge >= 0.3 is 0 Å². The predicted molar refractivity (Wildman–Crippen MR) is 62.7 cm³/mol. The van der Waals surface area contributed by atoms with Crippen LogP contribution in [0.15, 0.2) is 22.8 Å². The lowest BCUT2D eigenvalue weighted by molar-refractivity contribution is 0.398. The molecule has 3 heteroatoms. The minimum absolute atomic E-state index is 0.244. The second-order valence-corrected chi connectivity index (χ2v) is 4.43. The fourth-order valence-electron chi connectivity index (χ4n) is 1.38. The summed E-state index contributed by atoms with van der Waals surface area (Å²) in [7, 11) is 0. The van der Waals surface area contributed by atoms with E-state index in [1.807, 2.05) is 19.1 Å². The molecule has 0 spiro atoms. The van der Waals surface area contributed by atoms with Crippen molar-refractivity contribution in [2.24, 2.45) is 11.7 Å². The highest BCUT2D eigenvalue weighted by molar-refractivity contribution is 4.99. The van der Waals surface area contributed by atoms with Crippen molar-refractivity contribution in [3.05, 3.63) is 24.2 Å². The summed E-state index contributed by atoms with van der Waals surface area (Å²) in [5.41, 5.74) is 5.80. The molecule has 0 saturated heterocycles. The van der Waals surface area contributed by atoms with Crippen molar-refractivity contribution in [2.75, 3.05) is 6.54 Å². The first-order chi connectivity index (χ1) is 7.09. The maximum Gasteiger partial charge on any atom is 0.105 e.